The Kier molecular flexibility index (Phi) is 6.31. The molecular weight excluding hydrogens is 448 g/mol. The topological polar surface area (TPSA) is 122 Å². The van der Waals surface area contributed by atoms with E-state index >= 15 is 0 Å². The molecule has 33 heavy (non-hydrogen) atoms. The summed E-state index contributed by atoms with van der Waals surface area (Å²) in [5, 5.41) is 9.06. The summed E-state index contributed by atoms with van der Waals surface area (Å²) < 4.78 is 40.0. The number of hydrogen-bond donors (Lipinski definition) is 2. The predicted molar refractivity (Wildman–Crippen MR) is 120 cm³/mol. The lowest BCUT2D eigenvalue weighted by Gasteiger charge is -2.42. The number of carbonyl (C=O) groups excluding carboxylic acids is 1. The molecule has 1 amide bonds. The number of nitrogens with zero attached hydrogens (tertiary/aromatic N) is 1. The molecule has 2 aromatic carbocycles. The van der Waals surface area contributed by atoms with Gasteiger partial charge in [-0.25, -0.2) is 8.42 Å². The number of carboxylic acids is 1. The molecule has 0 unspecified atom stereocenters. The standard InChI is InChI=1S/C23H26N2O7S/c1-14-5-3-4-6-21(14)33(29,30)24-15-7-10-19-17(11-15)23(28)25(2)18-9-8-16(12-22(26)27)32-20(18)13-31-19/h3-7,10-11,16,18,20,24H,8-9,12-13H2,1-2H3,(H,26,27)/t16-,18-,20-/m1/s1. The fourth-order valence-corrected chi connectivity index (χ4v) is 5.65. The van der Waals surface area contributed by atoms with E-state index in [0.717, 1.165) is 0 Å². The molecule has 9 nitrogen and oxygen atoms in total. The van der Waals surface area contributed by atoms with E-state index in [9.17, 15) is 18.0 Å². The van der Waals surface area contributed by atoms with Crippen LogP contribution in [0.2, 0.25) is 0 Å². The van der Waals surface area contributed by atoms with E-state index < -0.39 is 28.2 Å². The normalized spacial score (nSPS) is 22.9. The van der Waals surface area contributed by atoms with Gasteiger partial charge in [-0.2, -0.15) is 0 Å². The van der Waals surface area contributed by atoms with Crippen LogP contribution in [0.3, 0.4) is 0 Å². The summed E-state index contributed by atoms with van der Waals surface area (Å²) in [4.78, 5) is 26.0. The van der Waals surface area contributed by atoms with E-state index in [-0.39, 0.29) is 41.1 Å². The van der Waals surface area contributed by atoms with Crippen molar-refractivity contribution in [2.24, 2.45) is 0 Å². The van der Waals surface area contributed by atoms with Gasteiger partial charge in [0, 0.05) is 12.7 Å². The number of sulfonamides is 1. The maximum Gasteiger partial charge on any atom is 0.305 e. The zero-order valence-corrected chi connectivity index (χ0v) is 19.2. The molecule has 4 rings (SSSR count). The Bertz CT molecular complexity index is 1180. The van der Waals surface area contributed by atoms with Crippen LogP contribution in [-0.2, 0) is 19.6 Å². The maximum atomic E-state index is 13.3. The molecule has 0 bridgehead atoms. The van der Waals surface area contributed by atoms with Crippen molar-refractivity contribution in [1.82, 2.24) is 4.90 Å². The number of anilines is 1. The van der Waals surface area contributed by atoms with Crippen molar-refractivity contribution in [1.29, 1.82) is 0 Å². The fraction of sp³-hybridized carbons (Fsp3) is 0.391. The minimum atomic E-state index is -3.84. The number of ether oxygens (including phenoxy) is 2. The summed E-state index contributed by atoms with van der Waals surface area (Å²) >= 11 is 0. The number of fused-ring (bicyclic) bond motifs is 2. The molecule has 176 valence electrons. The summed E-state index contributed by atoms with van der Waals surface area (Å²) in [6.07, 6.45) is 0.136. The third kappa shape index (κ3) is 4.81. The van der Waals surface area contributed by atoms with Crippen LogP contribution in [-0.4, -0.2) is 62.2 Å². The van der Waals surface area contributed by atoms with E-state index in [0.29, 0.717) is 24.2 Å². The molecule has 2 aliphatic rings. The summed E-state index contributed by atoms with van der Waals surface area (Å²) in [5.41, 5.74) is 1.11. The van der Waals surface area contributed by atoms with Crippen LogP contribution >= 0.6 is 0 Å². The van der Waals surface area contributed by atoms with Gasteiger partial charge < -0.3 is 19.5 Å². The van der Waals surface area contributed by atoms with Crippen LogP contribution in [0.25, 0.3) is 0 Å². The highest BCUT2D eigenvalue weighted by molar-refractivity contribution is 7.92. The number of aliphatic carboxylic acids is 1. The van der Waals surface area contributed by atoms with E-state index in [4.69, 9.17) is 14.6 Å². The minimum absolute atomic E-state index is 0.0954. The van der Waals surface area contributed by atoms with Crippen molar-refractivity contribution in [3.63, 3.8) is 0 Å². The average molecular weight is 475 g/mol. The van der Waals surface area contributed by atoms with Crippen LogP contribution in [0.4, 0.5) is 5.69 Å². The van der Waals surface area contributed by atoms with Gasteiger partial charge in [0.25, 0.3) is 15.9 Å². The molecule has 10 heteroatoms. The lowest BCUT2D eigenvalue weighted by Crippen LogP contribution is -2.53. The second-order valence-corrected chi connectivity index (χ2v) is 10.00. The smallest absolute Gasteiger partial charge is 0.305 e. The summed E-state index contributed by atoms with van der Waals surface area (Å²) in [7, 11) is -2.17. The van der Waals surface area contributed by atoms with Gasteiger partial charge in [-0.3, -0.25) is 14.3 Å². The number of nitrogens with one attached hydrogen (secondary N) is 1. The number of benzene rings is 2. The van der Waals surface area contributed by atoms with E-state index in [1.165, 1.54) is 18.2 Å². The third-order valence-corrected chi connectivity index (χ3v) is 7.59. The van der Waals surface area contributed by atoms with Gasteiger partial charge >= 0.3 is 5.97 Å². The van der Waals surface area contributed by atoms with Crippen molar-refractivity contribution in [3.05, 3.63) is 53.6 Å². The Labute approximate surface area is 192 Å². The molecule has 3 atom stereocenters. The summed E-state index contributed by atoms with van der Waals surface area (Å²) in [5.74, 6) is -0.939. The highest BCUT2D eigenvalue weighted by Gasteiger charge is 2.39. The maximum absolute atomic E-state index is 13.3. The molecule has 2 aliphatic heterocycles. The highest BCUT2D eigenvalue weighted by atomic mass is 32.2. The number of rotatable bonds is 5. The molecule has 0 radical (unpaired) electrons. The first-order chi connectivity index (χ1) is 15.7. The number of likely N-dealkylation sites (N-methyl/N-ethyl adjacent to an activating group) is 1. The molecule has 2 N–H and O–H groups in total. The number of amides is 1. The van der Waals surface area contributed by atoms with Gasteiger partial charge in [-0.15, -0.1) is 0 Å². The lowest BCUT2D eigenvalue weighted by atomic mass is 9.95. The molecule has 2 heterocycles. The second-order valence-electron chi connectivity index (χ2n) is 8.35. The van der Waals surface area contributed by atoms with Crippen molar-refractivity contribution in [2.75, 3.05) is 18.4 Å². The Balaban J connectivity index is 1.58. The molecule has 0 saturated carbocycles. The lowest BCUT2D eigenvalue weighted by molar-refractivity contribution is -0.148. The Morgan fingerprint density at radius 3 is 2.70 bits per heavy atom. The molecule has 0 aromatic heterocycles. The Morgan fingerprint density at radius 2 is 1.97 bits per heavy atom. The summed E-state index contributed by atoms with van der Waals surface area (Å²) in [6, 6.07) is 10.9. The van der Waals surface area contributed by atoms with Crippen LogP contribution in [0, 0.1) is 6.92 Å². The van der Waals surface area contributed by atoms with E-state index in [1.54, 1.807) is 43.1 Å². The molecular formula is C23H26N2O7S. The van der Waals surface area contributed by atoms with Crippen LogP contribution in [0.15, 0.2) is 47.4 Å². The monoisotopic (exact) mass is 474 g/mol. The van der Waals surface area contributed by atoms with E-state index in [1.807, 2.05) is 0 Å². The SMILES string of the molecule is Cc1ccccc1S(=O)(=O)Nc1ccc2c(c1)C(=O)N(C)[C@@H]1CC[C@H](CC(=O)O)O[C@@H]1CO2. The van der Waals surface area contributed by atoms with Crippen LogP contribution in [0.5, 0.6) is 5.75 Å². The largest absolute Gasteiger partial charge is 0.490 e. The average Bonchev–Trinajstić information content (AvgIpc) is 2.76. The fourth-order valence-electron chi connectivity index (χ4n) is 4.35. The zero-order chi connectivity index (χ0) is 23.8. The van der Waals surface area contributed by atoms with Gasteiger partial charge in [-0.1, -0.05) is 18.2 Å². The van der Waals surface area contributed by atoms with Gasteiger partial charge in [-0.05, 0) is 49.6 Å². The highest BCUT2D eigenvalue weighted by Crippen LogP contribution is 2.33. The molecule has 1 saturated heterocycles. The molecule has 1 fully saturated rings. The van der Waals surface area contributed by atoms with Crippen LogP contribution in [0.1, 0.15) is 35.2 Å². The molecule has 0 spiro atoms. The zero-order valence-electron chi connectivity index (χ0n) is 18.4. The number of carboxylic acid groups (broad SMARTS) is 1. The minimum Gasteiger partial charge on any atom is -0.490 e. The van der Waals surface area contributed by atoms with Crippen molar-refractivity contribution in [2.45, 2.75) is 49.3 Å². The van der Waals surface area contributed by atoms with Gasteiger partial charge in [0.1, 0.15) is 18.5 Å². The Hall–Kier alpha value is -3.11. The van der Waals surface area contributed by atoms with Gasteiger partial charge in [0.05, 0.1) is 29.0 Å². The number of aryl methyl sites for hydroxylation is 1. The second kappa shape index (κ2) is 9.03. The quantitative estimate of drug-likeness (QED) is 0.683. The van der Waals surface area contributed by atoms with Crippen molar-refractivity contribution in [3.8, 4) is 5.75 Å². The molecule has 2 aromatic rings. The third-order valence-electron chi connectivity index (χ3n) is 6.05. The number of hydrogen-bond acceptors (Lipinski definition) is 6. The predicted octanol–water partition coefficient (Wildman–Crippen LogP) is 2.65. The van der Waals surface area contributed by atoms with Crippen molar-refractivity contribution >= 4 is 27.6 Å². The number of carbonyl (C=O) groups is 2. The van der Waals surface area contributed by atoms with Gasteiger partial charge in [0.15, 0.2) is 0 Å². The van der Waals surface area contributed by atoms with Crippen LogP contribution < -0.4 is 9.46 Å². The first-order valence-corrected chi connectivity index (χ1v) is 12.1. The van der Waals surface area contributed by atoms with Gasteiger partial charge in [0.2, 0.25) is 0 Å². The van der Waals surface area contributed by atoms with Crippen molar-refractivity contribution < 1.29 is 32.6 Å². The summed E-state index contributed by atoms with van der Waals surface area (Å²) in [6.45, 7) is 1.87. The first-order valence-electron chi connectivity index (χ1n) is 10.7. The first kappa shape index (κ1) is 23.1. The Morgan fingerprint density at radius 1 is 1.21 bits per heavy atom. The van der Waals surface area contributed by atoms with E-state index in [2.05, 4.69) is 4.72 Å². The molecule has 0 aliphatic carbocycles.